The Hall–Kier alpha value is -11.8. The molecule has 0 saturated carbocycles. The molecule has 8 N–H and O–H groups in total. The molecule has 0 aromatic heterocycles. The van der Waals surface area contributed by atoms with Gasteiger partial charge >= 0.3 is 34.7 Å². The van der Waals surface area contributed by atoms with Gasteiger partial charge < -0.3 is 60.1 Å². The number of esters is 2. The fraction of sp³-hybridized carbons (Fsp3) is 0.267. The van der Waals surface area contributed by atoms with Gasteiger partial charge in [-0.25, -0.2) is 0 Å². The van der Waals surface area contributed by atoms with E-state index in [2.05, 4.69) is 0 Å². The van der Waals surface area contributed by atoms with Gasteiger partial charge in [-0.2, -0.15) is 0 Å². The molecule has 0 radical (unpaired) electrons. The van der Waals surface area contributed by atoms with Gasteiger partial charge in [0.25, 0.3) is 34.1 Å². The third-order valence-corrected chi connectivity index (χ3v) is 15.5. The SMILES string of the molecule is CC(=O)OCCCN1C(=O)S/C(=C\c2cc(O)c(O)c([N+](=O)[O-])c2)C1=O.CCN(CC)C(=O)c1ccc2c([N+](=O)[O-])c(O)c(O)cc2c1.CCN(CCCOC(C)=O)C(=O)c1ccc2c([N+](=O)[O-])c(O)c(O)cc2c1.CCN1C(=O)S/C(=C\c2cc(O)c(O)c([N+](=O)[O-])c2)C1=O. The number of hydrogen-bond donors (Lipinski definition) is 8. The van der Waals surface area contributed by atoms with Gasteiger partial charge in [0.05, 0.1) is 53.5 Å². The van der Waals surface area contributed by atoms with Gasteiger partial charge in [0.15, 0.2) is 23.0 Å². The van der Waals surface area contributed by atoms with E-state index in [-0.39, 0.29) is 93.2 Å². The van der Waals surface area contributed by atoms with Crippen LogP contribution in [0.4, 0.5) is 32.3 Å². The number of rotatable bonds is 20. The van der Waals surface area contributed by atoms with E-state index >= 15 is 0 Å². The largest absolute Gasteiger partial charge is 0.504 e. The number of carbonyl (C=O) groups is 8. The molecule has 2 heterocycles. The van der Waals surface area contributed by atoms with E-state index in [1.54, 1.807) is 23.6 Å². The van der Waals surface area contributed by atoms with Crippen LogP contribution in [0.5, 0.6) is 46.0 Å². The first-order valence-electron chi connectivity index (χ1n) is 28.2. The van der Waals surface area contributed by atoms with Crippen molar-refractivity contribution < 1.29 is 108 Å². The molecule has 0 aliphatic carbocycles. The fourth-order valence-electron chi connectivity index (χ4n) is 9.01. The fourth-order valence-corrected chi connectivity index (χ4v) is 10.8. The molecule has 0 atom stereocenters. The number of phenolic OH excluding ortho intramolecular Hbond substituents is 8. The highest BCUT2D eigenvalue weighted by molar-refractivity contribution is 8.18. The van der Waals surface area contributed by atoms with Crippen molar-refractivity contribution >= 4 is 126 Å². The summed E-state index contributed by atoms with van der Waals surface area (Å²) in [5, 5.41) is 120. The molecule has 0 spiro atoms. The monoisotopic (exact) mass is 1370 g/mol. The second-order valence-corrected chi connectivity index (χ2v) is 21.9. The summed E-state index contributed by atoms with van der Waals surface area (Å²) in [4.78, 5) is 140. The molecule has 6 aromatic rings. The van der Waals surface area contributed by atoms with Crippen LogP contribution in [-0.2, 0) is 28.7 Å². The van der Waals surface area contributed by atoms with E-state index < -0.39 is 117 Å². The maximum absolute atomic E-state index is 12.7. The number of nitro benzene ring substituents is 4. The van der Waals surface area contributed by atoms with Crippen molar-refractivity contribution in [2.75, 3.05) is 52.5 Å². The average Bonchev–Trinajstić information content (AvgIpc) is 1.09. The zero-order valence-corrected chi connectivity index (χ0v) is 53.1. The number of nitro groups is 4. The number of thioether (sulfide) groups is 2. The Morgan fingerprint density at radius 2 is 0.875 bits per heavy atom. The Morgan fingerprint density at radius 1 is 0.500 bits per heavy atom. The Bertz CT molecular complexity index is 4210. The lowest BCUT2D eigenvalue weighted by atomic mass is 10.0. The minimum absolute atomic E-state index is 0.0156. The third-order valence-electron chi connectivity index (χ3n) is 13.7. The minimum Gasteiger partial charge on any atom is -0.504 e. The Morgan fingerprint density at radius 3 is 1.24 bits per heavy atom. The normalized spacial score (nSPS) is 13.3. The van der Waals surface area contributed by atoms with E-state index in [9.17, 15) is 120 Å². The molecule has 8 rings (SSSR count). The van der Waals surface area contributed by atoms with Crippen molar-refractivity contribution in [1.29, 1.82) is 0 Å². The Labute approximate surface area is 550 Å². The van der Waals surface area contributed by atoms with Crippen LogP contribution in [0.25, 0.3) is 33.7 Å². The Balaban J connectivity index is 0.000000233. The molecule has 2 aliphatic rings. The van der Waals surface area contributed by atoms with E-state index in [0.29, 0.717) is 67.1 Å². The van der Waals surface area contributed by atoms with E-state index in [0.717, 1.165) is 34.1 Å². The van der Waals surface area contributed by atoms with Gasteiger partial charge in [-0.15, -0.1) is 0 Å². The van der Waals surface area contributed by atoms with Crippen LogP contribution >= 0.6 is 23.5 Å². The zero-order chi connectivity index (χ0) is 71.7. The number of nitrogens with zero attached hydrogens (tertiary/aromatic N) is 8. The second-order valence-electron chi connectivity index (χ2n) is 19.9. The number of amides is 6. The number of carbonyl (C=O) groups excluding carboxylic acids is 8. The number of aromatic hydroxyl groups is 8. The molecule has 2 saturated heterocycles. The lowest BCUT2D eigenvalue weighted by Gasteiger charge is -2.21. The van der Waals surface area contributed by atoms with Crippen molar-refractivity contribution in [3.63, 3.8) is 0 Å². The van der Waals surface area contributed by atoms with Crippen molar-refractivity contribution in [3.05, 3.63) is 145 Å². The summed E-state index contributed by atoms with van der Waals surface area (Å²) in [6.45, 7) is 12.2. The number of benzene rings is 6. The first kappa shape index (κ1) is 74.9. The molecular formula is C60H60N8O26S2. The Kier molecular flexibility index (Phi) is 25.9. The summed E-state index contributed by atoms with van der Waals surface area (Å²) in [6.07, 6.45) is 3.22. The number of hydrogen-bond acceptors (Lipinski definition) is 28. The van der Waals surface area contributed by atoms with Crippen molar-refractivity contribution in [2.24, 2.45) is 0 Å². The van der Waals surface area contributed by atoms with Crippen molar-refractivity contribution in [1.82, 2.24) is 19.6 Å². The number of likely N-dealkylation sites (N-methyl/N-ethyl adjacent to an activating group) is 1. The minimum atomic E-state index is -0.884. The summed E-state index contributed by atoms with van der Waals surface area (Å²) < 4.78 is 9.58. The molecule has 6 amide bonds. The lowest BCUT2D eigenvalue weighted by Crippen LogP contribution is -2.32. The highest BCUT2D eigenvalue weighted by atomic mass is 32.2. The van der Waals surface area contributed by atoms with Gasteiger partial charge in [-0.3, -0.25) is 88.6 Å². The molecule has 6 aromatic carbocycles. The highest BCUT2D eigenvalue weighted by Crippen LogP contribution is 2.45. The standard InChI is InChI=1S/C18H20N2O7.C15H14N2O8S.C15H16N2O5.C12H10N2O6S/c1-3-19(7-4-8-27-11(2)21)18(24)12-5-6-14-13(9-12)10-15(22)17(23)16(14)20(25)26;1-8(18)25-4-2-3-16-14(21)12(26-15(16)22)7-9-5-10(17(23)24)13(20)11(19)6-9;1-3-16(4-2)15(20)9-5-6-11-10(7-9)8-12(18)14(19)13(11)17(21)22;1-2-13-11(17)9(21-12(13)18)5-6-3-7(14(19)20)10(16)8(15)4-6/h5-6,9-10,22-23H,3-4,7-8H2,1-2H3;5-7,19-20H,2-4H2,1H3;5-8,18-19H,3-4H2,1-2H3;3-5,15-16H,2H2,1H3/b;12-7-;;9-5-. The summed E-state index contributed by atoms with van der Waals surface area (Å²) in [5.41, 5.74) is -1.72. The number of ether oxygens (including phenoxy) is 2. The third kappa shape index (κ3) is 18.3. The van der Waals surface area contributed by atoms with Gasteiger partial charge in [0, 0.05) is 76.4 Å². The smallest absolute Gasteiger partial charge is 0.322 e. The average molecular weight is 1370 g/mol. The zero-order valence-electron chi connectivity index (χ0n) is 51.5. The van der Waals surface area contributed by atoms with Gasteiger partial charge in [0.2, 0.25) is 23.0 Å². The number of phenols is 8. The maximum atomic E-state index is 12.7. The van der Waals surface area contributed by atoms with E-state index in [1.165, 1.54) is 74.5 Å². The van der Waals surface area contributed by atoms with Gasteiger partial charge in [0.1, 0.15) is 0 Å². The van der Waals surface area contributed by atoms with E-state index in [1.807, 2.05) is 13.8 Å². The first-order valence-corrected chi connectivity index (χ1v) is 29.9. The van der Waals surface area contributed by atoms with Gasteiger partial charge in [-0.1, -0.05) is 0 Å². The molecule has 508 valence electrons. The molecular weight excluding hydrogens is 1310 g/mol. The van der Waals surface area contributed by atoms with Crippen LogP contribution in [0.2, 0.25) is 0 Å². The lowest BCUT2D eigenvalue weighted by molar-refractivity contribution is -0.386. The molecule has 0 unspecified atom stereocenters. The molecule has 96 heavy (non-hydrogen) atoms. The topological polar surface area (TPSA) is 502 Å². The van der Waals surface area contributed by atoms with Crippen LogP contribution < -0.4 is 0 Å². The van der Waals surface area contributed by atoms with Crippen LogP contribution in [0.15, 0.2) is 82.6 Å². The molecule has 34 nitrogen and oxygen atoms in total. The molecule has 36 heteroatoms. The van der Waals surface area contributed by atoms with Crippen molar-refractivity contribution in [2.45, 2.75) is 54.4 Å². The van der Waals surface area contributed by atoms with Gasteiger partial charge in [-0.05, 0) is 159 Å². The highest BCUT2D eigenvalue weighted by Gasteiger charge is 2.36. The van der Waals surface area contributed by atoms with Crippen LogP contribution in [-0.4, -0.2) is 179 Å². The van der Waals surface area contributed by atoms with Crippen LogP contribution in [0.3, 0.4) is 0 Å². The van der Waals surface area contributed by atoms with Crippen LogP contribution in [0, 0.1) is 40.5 Å². The van der Waals surface area contributed by atoms with Crippen molar-refractivity contribution in [3.8, 4) is 46.0 Å². The van der Waals surface area contributed by atoms with Crippen LogP contribution in [0.1, 0.15) is 86.2 Å². The summed E-state index contributed by atoms with van der Waals surface area (Å²) in [5.74, 6) is -8.37. The first-order chi connectivity index (χ1) is 45.2. The number of fused-ring (bicyclic) bond motifs is 2. The molecule has 2 aliphatic heterocycles. The predicted molar refractivity (Wildman–Crippen MR) is 343 cm³/mol. The second kappa shape index (κ2) is 33.1. The molecule has 0 bridgehead atoms. The summed E-state index contributed by atoms with van der Waals surface area (Å²) in [7, 11) is 0. The molecule has 2 fully saturated rings. The quantitative estimate of drug-likeness (QED) is 0.00880. The summed E-state index contributed by atoms with van der Waals surface area (Å²) >= 11 is 1.35. The predicted octanol–water partition coefficient (Wildman–Crippen LogP) is 9.27. The summed E-state index contributed by atoms with van der Waals surface area (Å²) in [6, 6.07) is 15.1. The maximum Gasteiger partial charge on any atom is 0.322 e. The number of imide groups is 2. The van der Waals surface area contributed by atoms with E-state index in [4.69, 9.17) is 9.47 Å².